The number of hydrogen-bond acceptors (Lipinski definition) is 1. The van der Waals surface area contributed by atoms with Crippen LogP contribution in [0.5, 0.6) is 0 Å². The lowest BCUT2D eigenvalue weighted by Gasteiger charge is -2.06. The number of rotatable bonds is 3. The minimum atomic E-state index is 0.549. The fourth-order valence-corrected chi connectivity index (χ4v) is 1.08. The molecule has 1 unspecified atom stereocenters. The Bertz CT molecular complexity index is 231. The van der Waals surface area contributed by atoms with Crippen LogP contribution in [0, 0.1) is 0 Å². The molecule has 0 spiro atoms. The van der Waals surface area contributed by atoms with E-state index in [2.05, 4.69) is 40.7 Å². The Kier molecular flexibility index (Phi) is 3.64. The Balaban J connectivity index is 2.48. The first kappa shape index (κ1) is 9.63. The van der Waals surface area contributed by atoms with Gasteiger partial charge in [-0.3, -0.25) is 0 Å². The summed E-state index contributed by atoms with van der Waals surface area (Å²) in [7, 11) is 2.60. The molecular formula is C9H16N2P+. The van der Waals surface area contributed by atoms with Crippen LogP contribution in [0.3, 0.4) is 0 Å². The summed E-state index contributed by atoms with van der Waals surface area (Å²) in [6.07, 6.45) is 4.06. The molecule has 0 aliphatic heterocycles. The minimum absolute atomic E-state index is 0.549. The Morgan fingerprint density at radius 2 is 2.00 bits per heavy atom. The lowest BCUT2D eigenvalue weighted by molar-refractivity contribution is -0.499. The van der Waals surface area contributed by atoms with Crippen LogP contribution in [-0.2, 0) is 6.54 Å². The summed E-state index contributed by atoms with van der Waals surface area (Å²) in [6, 6.07) is 4.78. The zero-order valence-corrected chi connectivity index (χ0v) is 8.77. The molecule has 0 bridgehead atoms. The van der Waals surface area contributed by atoms with Crippen molar-refractivity contribution in [3.8, 4) is 0 Å². The van der Waals surface area contributed by atoms with Crippen LogP contribution in [0.2, 0.25) is 0 Å². The van der Waals surface area contributed by atoms with Gasteiger partial charge in [0.2, 0.25) is 0 Å². The predicted octanol–water partition coefficient (Wildman–Crippen LogP) is 1.11. The van der Waals surface area contributed by atoms with E-state index in [1.54, 1.807) is 0 Å². The summed E-state index contributed by atoms with van der Waals surface area (Å²) in [5.74, 6) is 0. The van der Waals surface area contributed by atoms with Crippen molar-refractivity contribution in [3.63, 3.8) is 0 Å². The first-order valence-electron chi connectivity index (χ1n) is 4.17. The third-order valence-electron chi connectivity index (χ3n) is 1.64. The van der Waals surface area contributed by atoms with E-state index >= 15 is 0 Å². The molecule has 1 aromatic rings. The lowest BCUT2D eigenvalue weighted by Crippen LogP contribution is -2.23. The van der Waals surface area contributed by atoms with Gasteiger partial charge >= 0.3 is 0 Å². The van der Waals surface area contributed by atoms with Crippen LogP contribution in [0.4, 0.5) is 0 Å². The van der Waals surface area contributed by atoms with E-state index in [0.29, 0.717) is 6.04 Å². The number of nitrogens with one attached hydrogen (secondary N) is 1. The maximum atomic E-state index is 3.37. The lowest BCUT2D eigenvalue weighted by atomic mass is 10.2. The number of nitrogens with zero attached hydrogens (tertiary/aromatic N) is 1. The standard InChI is InChI=1S/C9H16N2P/c1-8(2)10-7-9-3-5-11(12)6-4-9/h3-6,8,10H,7,12H2,1-2H3/q+1. The molecule has 1 heterocycles. The van der Waals surface area contributed by atoms with Gasteiger partial charge in [0.1, 0.15) is 0 Å². The topological polar surface area (TPSA) is 15.9 Å². The van der Waals surface area contributed by atoms with Crippen LogP contribution in [0.1, 0.15) is 19.4 Å². The first-order chi connectivity index (χ1) is 5.68. The molecule has 1 aromatic heterocycles. The fourth-order valence-electron chi connectivity index (χ4n) is 0.909. The molecule has 0 radical (unpaired) electrons. The highest BCUT2D eigenvalue weighted by atomic mass is 31.0. The van der Waals surface area contributed by atoms with Crippen molar-refractivity contribution in [2.75, 3.05) is 0 Å². The molecule has 0 amide bonds. The van der Waals surface area contributed by atoms with E-state index in [-0.39, 0.29) is 0 Å². The highest BCUT2D eigenvalue weighted by Gasteiger charge is 1.96. The van der Waals surface area contributed by atoms with Crippen LogP contribution in [-0.4, -0.2) is 6.04 Å². The predicted molar refractivity (Wildman–Crippen MR) is 53.7 cm³/mol. The molecule has 12 heavy (non-hydrogen) atoms. The van der Waals surface area contributed by atoms with Gasteiger partial charge in [0.25, 0.3) is 0 Å². The third-order valence-corrected chi connectivity index (χ3v) is 1.98. The Hall–Kier alpha value is -0.460. The van der Waals surface area contributed by atoms with Crippen molar-refractivity contribution in [3.05, 3.63) is 30.1 Å². The Labute approximate surface area is 76.3 Å². The summed E-state index contributed by atoms with van der Waals surface area (Å²) in [5.41, 5.74) is 1.32. The Morgan fingerprint density at radius 3 is 2.50 bits per heavy atom. The summed E-state index contributed by atoms with van der Waals surface area (Å²) in [4.78, 5) is 0. The molecule has 1 rings (SSSR count). The average molecular weight is 183 g/mol. The summed E-state index contributed by atoms with van der Waals surface area (Å²) in [5, 5.41) is 3.37. The van der Waals surface area contributed by atoms with E-state index in [4.69, 9.17) is 0 Å². The largest absolute Gasteiger partial charge is 0.310 e. The van der Waals surface area contributed by atoms with Crippen LogP contribution in [0.25, 0.3) is 0 Å². The molecule has 1 atom stereocenters. The van der Waals surface area contributed by atoms with Gasteiger partial charge in [-0.15, -0.1) is 0 Å². The molecule has 0 saturated carbocycles. The van der Waals surface area contributed by atoms with Gasteiger partial charge in [0.15, 0.2) is 21.8 Å². The van der Waals surface area contributed by atoms with Crippen molar-refractivity contribution in [1.29, 1.82) is 0 Å². The number of aromatic nitrogens is 1. The van der Waals surface area contributed by atoms with Crippen LogP contribution >= 0.6 is 9.39 Å². The summed E-state index contributed by atoms with van der Waals surface area (Å²) in [6.45, 7) is 5.25. The molecule has 0 aliphatic rings. The zero-order valence-electron chi connectivity index (χ0n) is 7.62. The summed E-state index contributed by atoms with van der Waals surface area (Å²) < 4.78 is 1.96. The van der Waals surface area contributed by atoms with Crippen LogP contribution < -0.4 is 9.65 Å². The van der Waals surface area contributed by atoms with Crippen molar-refractivity contribution in [2.45, 2.75) is 26.4 Å². The third kappa shape index (κ3) is 3.29. The molecule has 66 valence electrons. The van der Waals surface area contributed by atoms with Gasteiger partial charge in [-0.05, 0) is 5.56 Å². The zero-order chi connectivity index (χ0) is 8.97. The van der Waals surface area contributed by atoms with Gasteiger partial charge in [-0.1, -0.05) is 13.8 Å². The molecule has 0 fully saturated rings. The maximum Gasteiger partial charge on any atom is 0.169 e. The average Bonchev–Trinajstić information content (AvgIpc) is 2.03. The first-order valence-corrected chi connectivity index (χ1v) is 4.69. The van der Waals surface area contributed by atoms with E-state index in [1.165, 1.54) is 5.56 Å². The smallest absolute Gasteiger partial charge is 0.169 e. The summed E-state index contributed by atoms with van der Waals surface area (Å²) >= 11 is 0. The molecular weight excluding hydrogens is 167 g/mol. The molecule has 0 saturated heterocycles. The van der Waals surface area contributed by atoms with E-state index in [9.17, 15) is 0 Å². The number of pyridine rings is 1. The van der Waals surface area contributed by atoms with Crippen molar-refractivity contribution in [1.82, 2.24) is 5.32 Å². The van der Waals surface area contributed by atoms with Crippen molar-refractivity contribution < 1.29 is 4.34 Å². The normalized spacial score (nSPS) is 10.7. The van der Waals surface area contributed by atoms with E-state index in [1.807, 2.05) is 16.7 Å². The molecule has 1 N–H and O–H groups in total. The Morgan fingerprint density at radius 1 is 1.42 bits per heavy atom. The minimum Gasteiger partial charge on any atom is -0.310 e. The van der Waals surface area contributed by atoms with Gasteiger partial charge in [-0.2, -0.15) is 4.34 Å². The maximum absolute atomic E-state index is 3.37. The molecule has 3 heteroatoms. The molecule has 0 aromatic carbocycles. The van der Waals surface area contributed by atoms with Crippen molar-refractivity contribution in [2.24, 2.45) is 0 Å². The molecule has 2 nitrogen and oxygen atoms in total. The second-order valence-corrected chi connectivity index (χ2v) is 3.79. The monoisotopic (exact) mass is 183 g/mol. The van der Waals surface area contributed by atoms with Gasteiger partial charge in [-0.25, -0.2) is 0 Å². The SMILES string of the molecule is CC(C)NCc1cc[n+](P)cc1. The molecule has 0 aliphatic carbocycles. The van der Waals surface area contributed by atoms with E-state index in [0.717, 1.165) is 6.54 Å². The van der Waals surface area contributed by atoms with Crippen LogP contribution in [0.15, 0.2) is 24.5 Å². The van der Waals surface area contributed by atoms with Crippen molar-refractivity contribution >= 4 is 9.39 Å². The van der Waals surface area contributed by atoms with Gasteiger partial charge in [0.05, 0.1) is 0 Å². The quantitative estimate of drug-likeness (QED) is 0.694. The fraction of sp³-hybridized carbons (Fsp3) is 0.444. The second-order valence-electron chi connectivity index (χ2n) is 3.19. The number of hydrogen-bond donors (Lipinski definition) is 1. The second kappa shape index (κ2) is 4.54. The van der Waals surface area contributed by atoms with Gasteiger partial charge in [0, 0.05) is 24.7 Å². The highest BCUT2D eigenvalue weighted by Crippen LogP contribution is 1.95. The van der Waals surface area contributed by atoms with E-state index < -0.39 is 0 Å². The highest BCUT2D eigenvalue weighted by molar-refractivity contribution is 7.07. The van der Waals surface area contributed by atoms with Gasteiger partial charge < -0.3 is 5.32 Å².